The summed E-state index contributed by atoms with van der Waals surface area (Å²) in [4.78, 5) is 25.3. The molecule has 0 aliphatic rings. The van der Waals surface area contributed by atoms with Gasteiger partial charge in [0.25, 0.3) is 5.91 Å². The molecule has 0 aliphatic heterocycles. The number of carbonyl (C=O) groups is 2. The molecule has 0 radical (unpaired) electrons. The third kappa shape index (κ3) is 6.08. The van der Waals surface area contributed by atoms with Gasteiger partial charge in [-0.1, -0.05) is 24.3 Å². The highest BCUT2D eigenvalue weighted by atomic mass is 19.1. The minimum Gasteiger partial charge on any atom is -0.479 e. The molecule has 0 spiro atoms. The number of amides is 1. The quantitative estimate of drug-likeness (QED) is 0.731. The van der Waals surface area contributed by atoms with Crippen LogP contribution in [0.3, 0.4) is 0 Å². The normalized spacial score (nSPS) is 10.1. The number of halogens is 1. The summed E-state index contributed by atoms with van der Waals surface area (Å²) >= 11 is 0. The summed E-state index contributed by atoms with van der Waals surface area (Å²) in [5.74, 6) is -1.80. The first-order valence-corrected chi connectivity index (χ1v) is 8.01. The van der Waals surface area contributed by atoms with Crippen LogP contribution in [-0.4, -0.2) is 39.2 Å². The van der Waals surface area contributed by atoms with E-state index in [1.807, 2.05) is 43.3 Å². The van der Waals surface area contributed by atoms with E-state index in [1.54, 1.807) is 6.07 Å². The van der Waals surface area contributed by atoms with Crippen molar-refractivity contribution in [1.82, 2.24) is 5.32 Å². The van der Waals surface area contributed by atoms with Crippen molar-refractivity contribution < 1.29 is 23.5 Å². The third-order valence-corrected chi connectivity index (χ3v) is 3.49. The average Bonchev–Trinajstić information content (AvgIpc) is 2.64. The van der Waals surface area contributed by atoms with Gasteiger partial charge in [0, 0.05) is 26.3 Å². The molecule has 2 aromatic rings. The molecule has 0 heterocycles. The van der Waals surface area contributed by atoms with Gasteiger partial charge in [0.15, 0.2) is 24.8 Å². The van der Waals surface area contributed by atoms with E-state index in [4.69, 9.17) is 9.47 Å². The standard InChI is InChI=1S/C19H21FN2O4/c1-22(2)15-9-7-14(8-10-15)11-21-18(23)12-26-19(24)13-25-17-6-4-3-5-16(17)20/h3-10H,11-13H2,1-2H3,(H,21,23). The van der Waals surface area contributed by atoms with E-state index in [9.17, 15) is 14.0 Å². The fraction of sp³-hybridized carbons (Fsp3) is 0.263. The molecule has 1 amide bonds. The van der Waals surface area contributed by atoms with Crippen LogP contribution in [0.15, 0.2) is 48.5 Å². The minimum absolute atomic E-state index is 0.0462. The van der Waals surface area contributed by atoms with E-state index < -0.39 is 30.9 Å². The first-order chi connectivity index (χ1) is 12.5. The SMILES string of the molecule is CN(C)c1ccc(CNC(=O)COC(=O)COc2ccccc2F)cc1. The Hall–Kier alpha value is -3.09. The summed E-state index contributed by atoms with van der Waals surface area (Å²) in [6, 6.07) is 13.4. The van der Waals surface area contributed by atoms with Crippen LogP contribution >= 0.6 is 0 Å². The second kappa shape index (κ2) is 9.41. The number of carbonyl (C=O) groups excluding carboxylic acids is 2. The van der Waals surface area contributed by atoms with Gasteiger partial charge in [-0.25, -0.2) is 9.18 Å². The zero-order chi connectivity index (χ0) is 18.9. The maximum Gasteiger partial charge on any atom is 0.344 e. The van der Waals surface area contributed by atoms with E-state index in [1.165, 1.54) is 18.2 Å². The van der Waals surface area contributed by atoms with Crippen LogP contribution in [0.25, 0.3) is 0 Å². The molecule has 7 heteroatoms. The Bertz CT molecular complexity index is 747. The number of nitrogens with one attached hydrogen (secondary N) is 1. The molecule has 2 rings (SSSR count). The van der Waals surface area contributed by atoms with Gasteiger partial charge < -0.3 is 19.7 Å². The lowest BCUT2D eigenvalue weighted by atomic mass is 10.2. The molecule has 0 aliphatic carbocycles. The fourth-order valence-corrected chi connectivity index (χ4v) is 2.05. The number of nitrogens with zero attached hydrogens (tertiary/aromatic N) is 1. The molecular weight excluding hydrogens is 339 g/mol. The predicted octanol–water partition coefficient (Wildman–Crippen LogP) is 2.13. The fourth-order valence-electron chi connectivity index (χ4n) is 2.05. The molecule has 1 N–H and O–H groups in total. The summed E-state index contributed by atoms with van der Waals surface area (Å²) in [6.45, 7) is -0.564. The highest BCUT2D eigenvalue weighted by Gasteiger charge is 2.10. The average molecular weight is 360 g/mol. The number of hydrogen-bond donors (Lipinski definition) is 1. The molecule has 0 saturated heterocycles. The zero-order valence-corrected chi connectivity index (χ0v) is 14.7. The molecule has 138 valence electrons. The molecule has 26 heavy (non-hydrogen) atoms. The second-order valence-corrected chi connectivity index (χ2v) is 5.72. The molecular formula is C19H21FN2O4. The van der Waals surface area contributed by atoms with Gasteiger partial charge >= 0.3 is 5.97 Å². The Morgan fingerprint density at radius 2 is 1.73 bits per heavy atom. The van der Waals surface area contributed by atoms with Crippen LogP contribution in [-0.2, 0) is 20.9 Å². The largest absolute Gasteiger partial charge is 0.479 e. The third-order valence-electron chi connectivity index (χ3n) is 3.49. The number of anilines is 1. The van der Waals surface area contributed by atoms with Crippen molar-refractivity contribution in [3.63, 3.8) is 0 Å². The zero-order valence-electron chi connectivity index (χ0n) is 14.7. The summed E-state index contributed by atoms with van der Waals surface area (Å²) in [5, 5.41) is 2.66. The molecule has 0 atom stereocenters. The van der Waals surface area contributed by atoms with Crippen molar-refractivity contribution in [2.24, 2.45) is 0 Å². The lowest BCUT2D eigenvalue weighted by Gasteiger charge is -2.13. The molecule has 0 saturated carbocycles. The summed E-state index contributed by atoms with van der Waals surface area (Å²) in [7, 11) is 3.89. The van der Waals surface area contributed by atoms with Gasteiger partial charge in [-0.3, -0.25) is 4.79 Å². The molecule has 6 nitrogen and oxygen atoms in total. The van der Waals surface area contributed by atoms with Gasteiger partial charge in [-0.05, 0) is 29.8 Å². The van der Waals surface area contributed by atoms with E-state index in [0.29, 0.717) is 6.54 Å². The Labute approximate surface area is 151 Å². The summed E-state index contributed by atoms with van der Waals surface area (Å²) < 4.78 is 23.1. The van der Waals surface area contributed by atoms with Gasteiger partial charge in [-0.15, -0.1) is 0 Å². The first-order valence-electron chi connectivity index (χ1n) is 8.01. The number of rotatable bonds is 8. The summed E-state index contributed by atoms with van der Waals surface area (Å²) in [5.41, 5.74) is 1.99. The first kappa shape index (κ1) is 19.2. The smallest absolute Gasteiger partial charge is 0.344 e. The van der Waals surface area contributed by atoms with Crippen molar-refractivity contribution in [3.05, 3.63) is 59.9 Å². The maximum atomic E-state index is 13.3. The van der Waals surface area contributed by atoms with Crippen molar-refractivity contribution >= 4 is 17.6 Å². The van der Waals surface area contributed by atoms with Crippen LogP contribution in [0.4, 0.5) is 10.1 Å². The van der Waals surface area contributed by atoms with Crippen LogP contribution < -0.4 is 15.0 Å². The lowest BCUT2D eigenvalue weighted by molar-refractivity contribution is -0.150. The van der Waals surface area contributed by atoms with E-state index in [2.05, 4.69) is 5.32 Å². The van der Waals surface area contributed by atoms with E-state index >= 15 is 0 Å². The maximum absolute atomic E-state index is 13.3. The van der Waals surface area contributed by atoms with Crippen LogP contribution in [0.2, 0.25) is 0 Å². The Morgan fingerprint density at radius 1 is 1.04 bits per heavy atom. The molecule has 0 aromatic heterocycles. The predicted molar refractivity (Wildman–Crippen MR) is 95.5 cm³/mol. The van der Waals surface area contributed by atoms with Crippen molar-refractivity contribution in [2.45, 2.75) is 6.54 Å². The number of benzene rings is 2. The Morgan fingerprint density at radius 3 is 2.38 bits per heavy atom. The Balaban J connectivity index is 1.68. The monoisotopic (exact) mass is 360 g/mol. The number of para-hydroxylation sites is 1. The van der Waals surface area contributed by atoms with Gasteiger partial charge in [0.05, 0.1) is 0 Å². The highest BCUT2D eigenvalue weighted by molar-refractivity contribution is 5.80. The second-order valence-electron chi connectivity index (χ2n) is 5.72. The number of hydrogen-bond acceptors (Lipinski definition) is 5. The minimum atomic E-state index is -0.751. The van der Waals surface area contributed by atoms with Crippen LogP contribution in [0.5, 0.6) is 5.75 Å². The van der Waals surface area contributed by atoms with Crippen molar-refractivity contribution in [1.29, 1.82) is 0 Å². The lowest BCUT2D eigenvalue weighted by Crippen LogP contribution is -2.29. The molecule has 0 fully saturated rings. The van der Waals surface area contributed by atoms with Crippen molar-refractivity contribution in [2.75, 3.05) is 32.2 Å². The van der Waals surface area contributed by atoms with E-state index in [0.717, 1.165) is 11.3 Å². The molecule has 2 aromatic carbocycles. The van der Waals surface area contributed by atoms with Gasteiger partial charge in [0.2, 0.25) is 0 Å². The molecule has 0 unspecified atom stereocenters. The topological polar surface area (TPSA) is 67.9 Å². The van der Waals surface area contributed by atoms with E-state index in [-0.39, 0.29) is 5.75 Å². The highest BCUT2D eigenvalue weighted by Crippen LogP contribution is 2.15. The van der Waals surface area contributed by atoms with Crippen LogP contribution in [0, 0.1) is 5.82 Å². The van der Waals surface area contributed by atoms with Gasteiger partial charge in [-0.2, -0.15) is 0 Å². The molecule has 0 bridgehead atoms. The Kier molecular flexibility index (Phi) is 6.96. The van der Waals surface area contributed by atoms with Crippen molar-refractivity contribution in [3.8, 4) is 5.75 Å². The van der Waals surface area contributed by atoms with Gasteiger partial charge in [0.1, 0.15) is 0 Å². The van der Waals surface area contributed by atoms with Crippen LogP contribution in [0.1, 0.15) is 5.56 Å². The summed E-state index contributed by atoms with van der Waals surface area (Å²) in [6.07, 6.45) is 0. The number of esters is 1. The number of ether oxygens (including phenoxy) is 2.